The molecule has 0 unspecified atom stereocenters. The lowest BCUT2D eigenvalue weighted by molar-refractivity contribution is 1.14. The van der Waals surface area contributed by atoms with Crippen LogP contribution in [0.15, 0.2) is 36.5 Å². The van der Waals surface area contributed by atoms with Crippen molar-refractivity contribution in [2.75, 3.05) is 12.4 Å². The van der Waals surface area contributed by atoms with Gasteiger partial charge >= 0.3 is 0 Å². The average Bonchev–Trinajstić information content (AvgIpc) is 2.39. The van der Waals surface area contributed by atoms with Gasteiger partial charge in [-0.2, -0.15) is 0 Å². The molecule has 17 heavy (non-hydrogen) atoms. The first kappa shape index (κ1) is 11.6. The lowest BCUT2D eigenvalue weighted by Crippen LogP contribution is -1.95. The van der Waals surface area contributed by atoms with Crippen molar-refractivity contribution in [1.82, 2.24) is 4.98 Å². The SMILES string of the molecule is CCc1cccc(-c2cnc(C)c(NC)c2)c1. The van der Waals surface area contributed by atoms with Gasteiger partial charge in [0.15, 0.2) is 0 Å². The number of hydrogen-bond donors (Lipinski definition) is 1. The molecule has 1 aromatic carbocycles. The summed E-state index contributed by atoms with van der Waals surface area (Å²) in [6, 6.07) is 10.8. The van der Waals surface area contributed by atoms with Gasteiger partial charge in [0.05, 0.1) is 11.4 Å². The molecule has 0 atom stereocenters. The van der Waals surface area contributed by atoms with Crippen LogP contribution >= 0.6 is 0 Å². The van der Waals surface area contributed by atoms with Crippen molar-refractivity contribution in [2.45, 2.75) is 20.3 Å². The molecule has 0 spiro atoms. The van der Waals surface area contributed by atoms with E-state index in [1.54, 1.807) is 0 Å². The molecule has 1 N–H and O–H groups in total. The maximum absolute atomic E-state index is 4.42. The normalized spacial score (nSPS) is 10.3. The lowest BCUT2D eigenvalue weighted by Gasteiger charge is -2.08. The van der Waals surface area contributed by atoms with Crippen molar-refractivity contribution in [2.24, 2.45) is 0 Å². The molecule has 1 aromatic heterocycles. The minimum absolute atomic E-state index is 1.03. The van der Waals surface area contributed by atoms with E-state index >= 15 is 0 Å². The molecule has 2 rings (SSSR count). The van der Waals surface area contributed by atoms with Gasteiger partial charge in [0, 0.05) is 18.8 Å². The van der Waals surface area contributed by atoms with Crippen LogP contribution in [0.25, 0.3) is 11.1 Å². The van der Waals surface area contributed by atoms with Crippen LogP contribution in [0.1, 0.15) is 18.2 Å². The minimum atomic E-state index is 1.03. The number of nitrogens with zero attached hydrogens (tertiary/aromatic N) is 1. The van der Waals surface area contributed by atoms with Gasteiger partial charge in [0.2, 0.25) is 0 Å². The van der Waals surface area contributed by atoms with E-state index in [1.807, 2.05) is 20.2 Å². The van der Waals surface area contributed by atoms with Crippen molar-refractivity contribution in [3.63, 3.8) is 0 Å². The number of benzene rings is 1. The van der Waals surface area contributed by atoms with Gasteiger partial charge in [-0.05, 0) is 30.5 Å². The van der Waals surface area contributed by atoms with Crippen molar-refractivity contribution in [3.8, 4) is 11.1 Å². The largest absolute Gasteiger partial charge is 0.387 e. The molecule has 0 amide bonds. The third-order valence-corrected chi connectivity index (χ3v) is 3.02. The summed E-state index contributed by atoms with van der Waals surface area (Å²) in [5.74, 6) is 0. The van der Waals surface area contributed by atoms with E-state index in [2.05, 4.69) is 47.6 Å². The molecule has 2 aromatic rings. The Morgan fingerprint density at radius 2 is 2.00 bits per heavy atom. The summed E-state index contributed by atoms with van der Waals surface area (Å²) in [5, 5.41) is 3.17. The molecular weight excluding hydrogens is 208 g/mol. The van der Waals surface area contributed by atoms with Crippen LogP contribution in [0.3, 0.4) is 0 Å². The molecule has 0 bridgehead atoms. The Morgan fingerprint density at radius 1 is 1.18 bits per heavy atom. The summed E-state index contributed by atoms with van der Waals surface area (Å²) < 4.78 is 0. The summed E-state index contributed by atoms with van der Waals surface area (Å²) in [6.07, 6.45) is 3.00. The molecule has 0 aliphatic rings. The van der Waals surface area contributed by atoms with Crippen molar-refractivity contribution >= 4 is 5.69 Å². The van der Waals surface area contributed by atoms with E-state index in [9.17, 15) is 0 Å². The highest BCUT2D eigenvalue weighted by molar-refractivity contribution is 5.68. The number of aromatic nitrogens is 1. The van der Waals surface area contributed by atoms with Gasteiger partial charge in [-0.1, -0.05) is 31.2 Å². The third kappa shape index (κ3) is 2.47. The van der Waals surface area contributed by atoms with E-state index in [0.717, 1.165) is 23.4 Å². The monoisotopic (exact) mass is 226 g/mol. The molecule has 0 saturated carbocycles. The number of aryl methyl sites for hydroxylation is 2. The van der Waals surface area contributed by atoms with Crippen LogP contribution in [0.2, 0.25) is 0 Å². The van der Waals surface area contributed by atoms with Crippen LogP contribution in [0, 0.1) is 6.92 Å². The van der Waals surface area contributed by atoms with Crippen LogP contribution in [0.4, 0.5) is 5.69 Å². The van der Waals surface area contributed by atoms with Crippen molar-refractivity contribution in [1.29, 1.82) is 0 Å². The Morgan fingerprint density at radius 3 is 2.71 bits per heavy atom. The number of rotatable bonds is 3. The van der Waals surface area contributed by atoms with Crippen molar-refractivity contribution in [3.05, 3.63) is 47.8 Å². The summed E-state index contributed by atoms with van der Waals surface area (Å²) in [7, 11) is 1.93. The number of nitrogens with one attached hydrogen (secondary N) is 1. The van der Waals surface area contributed by atoms with Gasteiger partial charge in [-0.3, -0.25) is 4.98 Å². The topological polar surface area (TPSA) is 24.9 Å². The maximum atomic E-state index is 4.42. The van der Waals surface area contributed by atoms with Gasteiger partial charge in [0.1, 0.15) is 0 Å². The Bertz CT molecular complexity index is 518. The number of pyridine rings is 1. The van der Waals surface area contributed by atoms with E-state index < -0.39 is 0 Å². The molecule has 0 fully saturated rings. The zero-order valence-electron chi connectivity index (χ0n) is 10.6. The fourth-order valence-electron chi connectivity index (χ4n) is 1.91. The quantitative estimate of drug-likeness (QED) is 0.864. The Hall–Kier alpha value is -1.83. The maximum Gasteiger partial charge on any atom is 0.0604 e. The Balaban J connectivity index is 2.45. The number of anilines is 1. The number of hydrogen-bond acceptors (Lipinski definition) is 2. The van der Waals surface area contributed by atoms with Crippen LogP contribution in [0.5, 0.6) is 0 Å². The zero-order valence-corrected chi connectivity index (χ0v) is 10.6. The van der Waals surface area contributed by atoms with E-state index in [4.69, 9.17) is 0 Å². The molecule has 2 nitrogen and oxygen atoms in total. The third-order valence-electron chi connectivity index (χ3n) is 3.02. The minimum Gasteiger partial charge on any atom is -0.387 e. The first-order valence-corrected chi connectivity index (χ1v) is 5.98. The second-order valence-corrected chi connectivity index (χ2v) is 4.16. The molecular formula is C15H18N2. The fourth-order valence-corrected chi connectivity index (χ4v) is 1.91. The van der Waals surface area contributed by atoms with Gasteiger partial charge in [0.25, 0.3) is 0 Å². The van der Waals surface area contributed by atoms with Gasteiger partial charge < -0.3 is 5.32 Å². The van der Waals surface area contributed by atoms with Crippen molar-refractivity contribution < 1.29 is 0 Å². The second kappa shape index (κ2) is 5.00. The highest BCUT2D eigenvalue weighted by atomic mass is 14.9. The predicted molar refractivity (Wildman–Crippen MR) is 73.3 cm³/mol. The molecule has 0 aliphatic heterocycles. The molecule has 0 aliphatic carbocycles. The van der Waals surface area contributed by atoms with E-state index in [0.29, 0.717) is 0 Å². The fraction of sp³-hybridized carbons (Fsp3) is 0.267. The van der Waals surface area contributed by atoms with Crippen LogP contribution < -0.4 is 5.32 Å². The first-order valence-electron chi connectivity index (χ1n) is 5.98. The molecule has 0 radical (unpaired) electrons. The highest BCUT2D eigenvalue weighted by Gasteiger charge is 2.03. The van der Waals surface area contributed by atoms with E-state index in [1.165, 1.54) is 11.1 Å². The highest BCUT2D eigenvalue weighted by Crippen LogP contribution is 2.24. The summed E-state index contributed by atoms with van der Waals surface area (Å²) in [5.41, 5.74) is 5.87. The summed E-state index contributed by atoms with van der Waals surface area (Å²) >= 11 is 0. The lowest BCUT2D eigenvalue weighted by atomic mass is 10.0. The first-order chi connectivity index (χ1) is 8.24. The molecule has 88 valence electrons. The molecule has 1 heterocycles. The standard InChI is InChI=1S/C15H18N2/c1-4-12-6-5-7-13(8-12)14-9-15(16-3)11(2)17-10-14/h5-10,16H,4H2,1-3H3. The van der Waals surface area contributed by atoms with Crippen LogP contribution in [-0.4, -0.2) is 12.0 Å². The molecule has 2 heteroatoms. The van der Waals surface area contributed by atoms with Gasteiger partial charge in [-0.15, -0.1) is 0 Å². The van der Waals surface area contributed by atoms with E-state index in [-0.39, 0.29) is 0 Å². The predicted octanol–water partition coefficient (Wildman–Crippen LogP) is 3.66. The smallest absolute Gasteiger partial charge is 0.0604 e. The Kier molecular flexibility index (Phi) is 3.43. The molecule has 0 saturated heterocycles. The van der Waals surface area contributed by atoms with Crippen LogP contribution in [-0.2, 0) is 6.42 Å². The summed E-state index contributed by atoms with van der Waals surface area (Å²) in [4.78, 5) is 4.42. The second-order valence-electron chi connectivity index (χ2n) is 4.16. The summed E-state index contributed by atoms with van der Waals surface area (Å²) in [6.45, 7) is 4.18. The zero-order chi connectivity index (χ0) is 12.3. The average molecular weight is 226 g/mol. The Labute approximate surface area is 103 Å². The van der Waals surface area contributed by atoms with Gasteiger partial charge in [-0.25, -0.2) is 0 Å².